The number of halogens is 2. The Morgan fingerprint density at radius 1 is 1.36 bits per heavy atom. The average molecular weight is 197 g/mol. The van der Waals surface area contributed by atoms with E-state index in [9.17, 15) is 8.78 Å². The van der Waals surface area contributed by atoms with Crippen LogP contribution in [0.5, 0.6) is 0 Å². The van der Waals surface area contributed by atoms with Crippen molar-refractivity contribution in [2.24, 2.45) is 7.05 Å². The third kappa shape index (κ3) is 1.13. The Kier molecular flexibility index (Phi) is 1.87. The number of aryl methyl sites for hydroxylation is 1. The van der Waals surface area contributed by atoms with E-state index in [1.165, 1.54) is 6.07 Å². The highest BCUT2D eigenvalue weighted by Gasteiger charge is 2.11. The van der Waals surface area contributed by atoms with Gasteiger partial charge in [0.25, 0.3) is 0 Å². The molecular weight excluding hydrogens is 188 g/mol. The number of hydrogen-bond acceptors (Lipinski definition) is 2. The molecule has 0 radical (unpaired) electrons. The summed E-state index contributed by atoms with van der Waals surface area (Å²) in [4.78, 5) is 3.98. The van der Waals surface area contributed by atoms with Gasteiger partial charge in [0.1, 0.15) is 11.3 Å². The predicted molar refractivity (Wildman–Crippen MR) is 50.2 cm³/mol. The van der Waals surface area contributed by atoms with Gasteiger partial charge >= 0.3 is 0 Å². The summed E-state index contributed by atoms with van der Waals surface area (Å²) in [7, 11) is 3.37. The van der Waals surface area contributed by atoms with Gasteiger partial charge in [-0.15, -0.1) is 0 Å². The molecule has 3 nitrogen and oxygen atoms in total. The van der Waals surface area contributed by atoms with Crippen LogP contribution in [-0.2, 0) is 7.05 Å². The van der Waals surface area contributed by atoms with E-state index in [-0.39, 0.29) is 5.52 Å². The topological polar surface area (TPSA) is 29.9 Å². The van der Waals surface area contributed by atoms with Crippen LogP contribution in [0.2, 0.25) is 0 Å². The lowest BCUT2D eigenvalue weighted by Gasteiger charge is -1.99. The third-order valence-corrected chi connectivity index (χ3v) is 2.13. The third-order valence-electron chi connectivity index (χ3n) is 2.13. The fraction of sp³-hybridized carbons (Fsp3) is 0.222. The lowest BCUT2D eigenvalue weighted by atomic mass is 10.3. The molecule has 0 fully saturated rings. The van der Waals surface area contributed by atoms with Crippen molar-refractivity contribution < 1.29 is 8.78 Å². The van der Waals surface area contributed by atoms with Gasteiger partial charge in [-0.3, -0.25) is 0 Å². The van der Waals surface area contributed by atoms with Gasteiger partial charge in [0.2, 0.25) is 5.95 Å². The summed E-state index contributed by atoms with van der Waals surface area (Å²) >= 11 is 0. The van der Waals surface area contributed by atoms with E-state index in [0.717, 1.165) is 6.07 Å². The number of nitrogens with zero attached hydrogens (tertiary/aromatic N) is 2. The first kappa shape index (κ1) is 8.93. The molecule has 74 valence electrons. The van der Waals surface area contributed by atoms with E-state index in [0.29, 0.717) is 11.5 Å². The van der Waals surface area contributed by atoms with Gasteiger partial charge in [-0.25, -0.2) is 13.8 Å². The minimum absolute atomic E-state index is 0.179. The van der Waals surface area contributed by atoms with Crippen LogP contribution < -0.4 is 5.32 Å². The maximum Gasteiger partial charge on any atom is 0.203 e. The molecule has 0 bridgehead atoms. The monoisotopic (exact) mass is 197 g/mol. The van der Waals surface area contributed by atoms with Crippen molar-refractivity contribution in [3.63, 3.8) is 0 Å². The summed E-state index contributed by atoms with van der Waals surface area (Å²) in [6, 6.07) is 2.08. The van der Waals surface area contributed by atoms with Crippen LogP contribution in [-0.4, -0.2) is 16.6 Å². The van der Waals surface area contributed by atoms with Crippen molar-refractivity contribution in [3.8, 4) is 0 Å². The standard InChI is InChI=1S/C9H9F2N3/c1-12-9-13-8-6(11)3-5(10)4-7(8)14(9)2/h3-4H,1-2H3,(H,12,13). The van der Waals surface area contributed by atoms with E-state index < -0.39 is 11.6 Å². The molecule has 14 heavy (non-hydrogen) atoms. The Bertz CT molecular complexity index is 490. The number of aromatic nitrogens is 2. The molecule has 1 heterocycles. The maximum absolute atomic E-state index is 13.2. The fourth-order valence-corrected chi connectivity index (χ4v) is 1.44. The molecule has 0 saturated heterocycles. The second kappa shape index (κ2) is 2.94. The number of hydrogen-bond donors (Lipinski definition) is 1. The van der Waals surface area contributed by atoms with Gasteiger partial charge in [0.05, 0.1) is 5.52 Å². The summed E-state index contributed by atoms with van der Waals surface area (Å²) in [6.07, 6.45) is 0. The van der Waals surface area contributed by atoms with Crippen LogP contribution in [0.4, 0.5) is 14.7 Å². The summed E-state index contributed by atoms with van der Waals surface area (Å²) in [6.45, 7) is 0. The highest BCUT2D eigenvalue weighted by atomic mass is 19.1. The second-order valence-electron chi connectivity index (χ2n) is 3.00. The first-order valence-corrected chi connectivity index (χ1v) is 4.12. The molecular formula is C9H9F2N3. The molecule has 0 amide bonds. The maximum atomic E-state index is 13.2. The summed E-state index contributed by atoms with van der Waals surface area (Å²) in [5.74, 6) is -0.734. The van der Waals surface area contributed by atoms with E-state index in [1.807, 2.05) is 0 Å². The molecule has 1 aromatic heterocycles. The molecule has 0 spiro atoms. The van der Waals surface area contributed by atoms with Crippen LogP contribution in [0.3, 0.4) is 0 Å². The number of benzene rings is 1. The Morgan fingerprint density at radius 2 is 2.07 bits per heavy atom. The molecule has 0 aliphatic heterocycles. The van der Waals surface area contributed by atoms with Crippen molar-refractivity contribution in [3.05, 3.63) is 23.8 Å². The minimum Gasteiger partial charge on any atom is -0.359 e. The SMILES string of the molecule is CNc1nc2c(F)cc(F)cc2n1C. The molecule has 0 unspecified atom stereocenters. The molecule has 5 heteroatoms. The number of nitrogens with one attached hydrogen (secondary N) is 1. The van der Waals surface area contributed by atoms with Gasteiger partial charge in [-0.1, -0.05) is 0 Å². The summed E-state index contributed by atoms with van der Waals surface area (Å²) < 4.78 is 27.7. The van der Waals surface area contributed by atoms with Gasteiger partial charge in [-0.2, -0.15) is 0 Å². The smallest absolute Gasteiger partial charge is 0.203 e. The largest absolute Gasteiger partial charge is 0.359 e. The van der Waals surface area contributed by atoms with Gasteiger partial charge in [-0.05, 0) is 0 Å². The molecule has 1 aromatic carbocycles. The minimum atomic E-state index is -0.642. The van der Waals surface area contributed by atoms with Crippen LogP contribution >= 0.6 is 0 Å². The Morgan fingerprint density at radius 3 is 2.71 bits per heavy atom. The van der Waals surface area contributed by atoms with Crippen molar-refractivity contribution in [1.82, 2.24) is 9.55 Å². The number of anilines is 1. The van der Waals surface area contributed by atoms with E-state index in [2.05, 4.69) is 10.3 Å². The number of rotatable bonds is 1. The zero-order chi connectivity index (χ0) is 10.3. The van der Waals surface area contributed by atoms with E-state index in [1.54, 1.807) is 18.7 Å². The highest BCUT2D eigenvalue weighted by Crippen LogP contribution is 2.21. The Hall–Kier alpha value is -1.65. The quantitative estimate of drug-likeness (QED) is 0.756. The van der Waals surface area contributed by atoms with Crippen molar-refractivity contribution in [2.45, 2.75) is 0 Å². The van der Waals surface area contributed by atoms with Crippen LogP contribution in [0.15, 0.2) is 12.1 Å². The molecule has 0 aliphatic carbocycles. The van der Waals surface area contributed by atoms with Crippen LogP contribution in [0, 0.1) is 11.6 Å². The molecule has 0 aliphatic rings. The lowest BCUT2D eigenvalue weighted by Crippen LogP contribution is -1.97. The zero-order valence-electron chi connectivity index (χ0n) is 7.81. The van der Waals surface area contributed by atoms with Crippen LogP contribution in [0.25, 0.3) is 11.0 Å². The fourth-order valence-electron chi connectivity index (χ4n) is 1.44. The van der Waals surface area contributed by atoms with Gasteiger partial charge in [0, 0.05) is 26.2 Å². The molecule has 2 rings (SSSR count). The Labute approximate surface area is 79.4 Å². The number of imidazole rings is 1. The first-order valence-electron chi connectivity index (χ1n) is 4.12. The highest BCUT2D eigenvalue weighted by molar-refractivity contribution is 5.79. The zero-order valence-corrected chi connectivity index (χ0v) is 7.81. The summed E-state index contributed by atoms with van der Waals surface area (Å²) in [5.41, 5.74) is 0.616. The molecule has 0 saturated carbocycles. The van der Waals surface area contributed by atoms with Gasteiger partial charge < -0.3 is 9.88 Å². The predicted octanol–water partition coefficient (Wildman–Crippen LogP) is 1.89. The van der Waals surface area contributed by atoms with Crippen molar-refractivity contribution in [2.75, 3.05) is 12.4 Å². The molecule has 2 aromatic rings. The Balaban J connectivity index is 2.85. The second-order valence-corrected chi connectivity index (χ2v) is 3.00. The number of fused-ring (bicyclic) bond motifs is 1. The lowest BCUT2D eigenvalue weighted by molar-refractivity contribution is 0.590. The van der Waals surface area contributed by atoms with E-state index >= 15 is 0 Å². The van der Waals surface area contributed by atoms with Crippen LogP contribution in [0.1, 0.15) is 0 Å². The molecule has 0 atom stereocenters. The first-order chi connectivity index (χ1) is 6.63. The van der Waals surface area contributed by atoms with Crippen molar-refractivity contribution in [1.29, 1.82) is 0 Å². The van der Waals surface area contributed by atoms with Gasteiger partial charge in [0.15, 0.2) is 5.82 Å². The average Bonchev–Trinajstić information content (AvgIpc) is 2.44. The van der Waals surface area contributed by atoms with E-state index in [4.69, 9.17) is 0 Å². The molecule has 1 N–H and O–H groups in total. The normalized spacial score (nSPS) is 10.9. The summed E-state index contributed by atoms with van der Waals surface area (Å²) in [5, 5.41) is 2.79. The van der Waals surface area contributed by atoms with Crippen molar-refractivity contribution >= 4 is 17.0 Å².